The predicted octanol–water partition coefficient (Wildman–Crippen LogP) is 3.23. The maximum absolute atomic E-state index is 4.79. The molecule has 2 heterocycles. The third-order valence-corrected chi connectivity index (χ3v) is 5.10. The van der Waals surface area contributed by atoms with Gasteiger partial charge in [0, 0.05) is 45.1 Å². The Labute approximate surface area is 155 Å². The highest BCUT2D eigenvalue weighted by Gasteiger charge is 2.27. The highest BCUT2D eigenvalue weighted by atomic mass is 15.2. The molecule has 0 radical (unpaired) electrons. The number of hydrogen-bond acceptors (Lipinski definition) is 3. The lowest BCUT2D eigenvalue weighted by Gasteiger charge is -2.35. The first-order valence-electron chi connectivity index (χ1n) is 9.37. The van der Waals surface area contributed by atoms with Crippen LogP contribution in [-0.2, 0) is 6.54 Å². The van der Waals surface area contributed by atoms with Crippen molar-refractivity contribution in [3.8, 4) is 0 Å². The van der Waals surface area contributed by atoms with E-state index < -0.39 is 0 Å². The number of aromatic nitrogens is 2. The fraction of sp³-hybridized carbons (Fsp3) is 0.318. The van der Waals surface area contributed by atoms with Gasteiger partial charge in [0.05, 0.1) is 6.04 Å². The zero-order chi connectivity index (χ0) is 17.8. The molecule has 0 spiro atoms. The number of rotatable bonds is 5. The quantitative estimate of drug-likeness (QED) is 0.770. The van der Waals surface area contributed by atoms with E-state index in [2.05, 4.69) is 82.5 Å². The van der Waals surface area contributed by atoms with Crippen LogP contribution in [0.25, 0.3) is 0 Å². The minimum absolute atomic E-state index is 0.191. The summed E-state index contributed by atoms with van der Waals surface area (Å²) < 4.78 is 2.29. The lowest BCUT2D eigenvalue weighted by molar-refractivity contribution is 0.189. The van der Waals surface area contributed by atoms with Gasteiger partial charge in [0.25, 0.3) is 0 Å². The summed E-state index contributed by atoms with van der Waals surface area (Å²) in [5, 5.41) is 3.46. The lowest BCUT2D eigenvalue weighted by atomic mass is 10.0. The minimum Gasteiger partial charge on any atom is -0.329 e. The van der Waals surface area contributed by atoms with Gasteiger partial charge >= 0.3 is 0 Å². The lowest BCUT2D eigenvalue weighted by Crippen LogP contribution is -2.46. The molecule has 0 aliphatic carbocycles. The largest absolute Gasteiger partial charge is 0.329 e. The highest BCUT2D eigenvalue weighted by Crippen LogP contribution is 2.28. The monoisotopic (exact) mass is 346 g/mol. The van der Waals surface area contributed by atoms with Crippen LogP contribution in [-0.4, -0.2) is 40.6 Å². The van der Waals surface area contributed by atoms with Crippen molar-refractivity contribution >= 4 is 0 Å². The molecule has 4 heteroatoms. The van der Waals surface area contributed by atoms with E-state index in [0.717, 1.165) is 38.5 Å². The molecular formula is C22H26N4. The van der Waals surface area contributed by atoms with Crippen molar-refractivity contribution in [3.63, 3.8) is 0 Å². The fourth-order valence-electron chi connectivity index (χ4n) is 3.69. The van der Waals surface area contributed by atoms with Gasteiger partial charge in [-0.25, -0.2) is 4.98 Å². The second kappa shape index (κ2) is 7.85. The molecule has 134 valence electrons. The normalized spacial score (nSPS) is 16.5. The molecular weight excluding hydrogens is 320 g/mol. The van der Waals surface area contributed by atoms with Crippen LogP contribution in [0.4, 0.5) is 0 Å². The van der Waals surface area contributed by atoms with Gasteiger partial charge < -0.3 is 9.88 Å². The Morgan fingerprint density at radius 3 is 2.46 bits per heavy atom. The summed E-state index contributed by atoms with van der Waals surface area (Å²) in [6, 6.07) is 19.7. The van der Waals surface area contributed by atoms with Gasteiger partial charge in [-0.2, -0.15) is 0 Å². The van der Waals surface area contributed by atoms with E-state index in [1.807, 2.05) is 6.20 Å². The van der Waals surface area contributed by atoms with Crippen LogP contribution in [0, 0.1) is 6.92 Å². The molecule has 1 aliphatic heterocycles. The maximum Gasteiger partial charge on any atom is 0.130 e. The standard InChI is InChI=1S/C22H26N4/c1-18-7-9-20(10-8-18)21(25-14-11-23-12-15-25)22-24-13-16-26(22)17-19-5-3-2-4-6-19/h2-10,13,16,21,23H,11-12,14-15,17H2,1H3. The zero-order valence-corrected chi connectivity index (χ0v) is 15.3. The molecule has 1 aromatic heterocycles. The molecule has 1 fully saturated rings. The van der Waals surface area contributed by atoms with Crippen LogP contribution in [0.1, 0.15) is 28.6 Å². The zero-order valence-electron chi connectivity index (χ0n) is 15.3. The average molecular weight is 346 g/mol. The Morgan fingerprint density at radius 2 is 1.73 bits per heavy atom. The number of nitrogens with one attached hydrogen (secondary N) is 1. The van der Waals surface area contributed by atoms with Gasteiger partial charge in [-0.3, -0.25) is 4.90 Å². The van der Waals surface area contributed by atoms with Gasteiger partial charge in [0.1, 0.15) is 5.82 Å². The summed E-state index contributed by atoms with van der Waals surface area (Å²) in [5.41, 5.74) is 3.91. The molecule has 2 aromatic carbocycles. The Morgan fingerprint density at radius 1 is 1.00 bits per heavy atom. The molecule has 26 heavy (non-hydrogen) atoms. The first kappa shape index (κ1) is 17.0. The fourth-order valence-corrected chi connectivity index (χ4v) is 3.69. The molecule has 1 aliphatic rings. The van der Waals surface area contributed by atoms with E-state index in [4.69, 9.17) is 4.98 Å². The van der Waals surface area contributed by atoms with Crippen molar-refractivity contribution in [1.82, 2.24) is 19.8 Å². The second-order valence-corrected chi connectivity index (χ2v) is 7.00. The van der Waals surface area contributed by atoms with Crippen molar-refractivity contribution < 1.29 is 0 Å². The van der Waals surface area contributed by atoms with E-state index in [1.54, 1.807) is 0 Å². The summed E-state index contributed by atoms with van der Waals surface area (Å²) in [4.78, 5) is 7.33. The molecule has 1 atom stereocenters. The minimum atomic E-state index is 0.191. The van der Waals surface area contributed by atoms with Gasteiger partial charge in [-0.15, -0.1) is 0 Å². The third kappa shape index (κ3) is 3.71. The summed E-state index contributed by atoms with van der Waals surface area (Å²) in [5.74, 6) is 1.12. The van der Waals surface area contributed by atoms with E-state index in [-0.39, 0.29) is 6.04 Å². The SMILES string of the molecule is Cc1ccc(C(c2nccn2Cc2ccccc2)N2CCNCC2)cc1. The number of benzene rings is 2. The van der Waals surface area contributed by atoms with Crippen molar-refractivity contribution in [2.24, 2.45) is 0 Å². The van der Waals surface area contributed by atoms with Gasteiger partial charge in [-0.05, 0) is 18.1 Å². The first-order chi connectivity index (χ1) is 12.8. The molecule has 0 amide bonds. The molecule has 3 aromatic rings. The topological polar surface area (TPSA) is 33.1 Å². The van der Waals surface area contributed by atoms with Crippen molar-refractivity contribution in [2.75, 3.05) is 26.2 Å². The third-order valence-electron chi connectivity index (χ3n) is 5.10. The Bertz CT molecular complexity index is 817. The highest BCUT2D eigenvalue weighted by molar-refractivity contribution is 5.29. The summed E-state index contributed by atoms with van der Waals surface area (Å²) in [6.45, 7) is 7.13. The summed E-state index contributed by atoms with van der Waals surface area (Å²) in [7, 11) is 0. The van der Waals surface area contributed by atoms with Gasteiger partial charge in [-0.1, -0.05) is 60.2 Å². The van der Waals surface area contributed by atoms with Crippen LogP contribution >= 0.6 is 0 Å². The van der Waals surface area contributed by atoms with Crippen LogP contribution in [0.2, 0.25) is 0 Å². The number of imidazole rings is 1. The summed E-state index contributed by atoms with van der Waals surface area (Å²) >= 11 is 0. The van der Waals surface area contributed by atoms with Crippen LogP contribution in [0.15, 0.2) is 67.0 Å². The Hall–Kier alpha value is -2.43. The smallest absolute Gasteiger partial charge is 0.130 e. The maximum atomic E-state index is 4.79. The van der Waals surface area contributed by atoms with Crippen molar-refractivity contribution in [1.29, 1.82) is 0 Å². The predicted molar refractivity (Wildman–Crippen MR) is 105 cm³/mol. The van der Waals surface area contributed by atoms with Crippen LogP contribution in [0.5, 0.6) is 0 Å². The van der Waals surface area contributed by atoms with E-state index in [0.29, 0.717) is 0 Å². The van der Waals surface area contributed by atoms with Gasteiger partial charge in [0.15, 0.2) is 0 Å². The van der Waals surface area contributed by atoms with Crippen LogP contribution in [0.3, 0.4) is 0 Å². The Balaban J connectivity index is 1.70. The molecule has 0 bridgehead atoms. The van der Waals surface area contributed by atoms with Crippen LogP contribution < -0.4 is 5.32 Å². The first-order valence-corrected chi connectivity index (χ1v) is 9.37. The molecule has 0 saturated carbocycles. The van der Waals surface area contributed by atoms with E-state index in [9.17, 15) is 0 Å². The van der Waals surface area contributed by atoms with E-state index >= 15 is 0 Å². The number of aryl methyl sites for hydroxylation is 1. The number of nitrogens with zero attached hydrogens (tertiary/aromatic N) is 3. The molecule has 1 saturated heterocycles. The average Bonchev–Trinajstić information content (AvgIpc) is 3.13. The Kier molecular flexibility index (Phi) is 5.14. The van der Waals surface area contributed by atoms with Crippen molar-refractivity contribution in [2.45, 2.75) is 19.5 Å². The number of piperazine rings is 1. The van der Waals surface area contributed by atoms with Crippen molar-refractivity contribution in [3.05, 3.63) is 89.5 Å². The molecule has 1 unspecified atom stereocenters. The molecule has 4 nitrogen and oxygen atoms in total. The number of hydrogen-bond donors (Lipinski definition) is 1. The van der Waals surface area contributed by atoms with E-state index in [1.165, 1.54) is 16.7 Å². The molecule has 1 N–H and O–H groups in total. The summed E-state index contributed by atoms with van der Waals surface area (Å²) in [6.07, 6.45) is 4.04. The van der Waals surface area contributed by atoms with Gasteiger partial charge in [0.2, 0.25) is 0 Å². The second-order valence-electron chi connectivity index (χ2n) is 7.00. The molecule has 4 rings (SSSR count).